The molecule has 0 aromatic carbocycles. The monoisotopic (exact) mass is 261 g/mol. The van der Waals surface area contributed by atoms with Gasteiger partial charge >= 0.3 is 0 Å². The summed E-state index contributed by atoms with van der Waals surface area (Å²) in [6.07, 6.45) is 11.9. The predicted octanol–water partition coefficient (Wildman–Crippen LogP) is 2.35. The fourth-order valence-electron chi connectivity index (χ4n) is 3.37. The van der Waals surface area contributed by atoms with E-state index in [1.54, 1.807) is 6.33 Å². The van der Waals surface area contributed by atoms with E-state index < -0.39 is 0 Å². The number of nitrogens with one attached hydrogen (secondary N) is 2. The first-order valence-electron chi connectivity index (χ1n) is 7.64. The van der Waals surface area contributed by atoms with Crippen molar-refractivity contribution in [3.05, 3.63) is 17.7 Å². The molecular formula is C15H23N3O. The topological polar surface area (TPSA) is 57.8 Å². The van der Waals surface area contributed by atoms with E-state index in [2.05, 4.69) is 15.3 Å². The minimum absolute atomic E-state index is 0.135. The SMILES string of the molecule is O=C(NC1CCCCCC1)C1CCc2nc[nH]c2C1. The Morgan fingerprint density at radius 1 is 1.21 bits per heavy atom. The van der Waals surface area contributed by atoms with Crippen LogP contribution in [0.3, 0.4) is 0 Å². The molecule has 0 aliphatic heterocycles. The third kappa shape index (κ3) is 2.99. The van der Waals surface area contributed by atoms with Crippen LogP contribution in [0, 0.1) is 5.92 Å². The summed E-state index contributed by atoms with van der Waals surface area (Å²) < 4.78 is 0. The van der Waals surface area contributed by atoms with Crippen LogP contribution in [0.4, 0.5) is 0 Å². The third-order valence-electron chi connectivity index (χ3n) is 4.56. The Balaban J connectivity index is 1.56. The summed E-state index contributed by atoms with van der Waals surface area (Å²) >= 11 is 0. The minimum Gasteiger partial charge on any atom is -0.353 e. The average molecular weight is 261 g/mol. The fourth-order valence-corrected chi connectivity index (χ4v) is 3.37. The number of amides is 1. The number of H-pyrrole nitrogens is 1. The molecule has 2 aliphatic carbocycles. The molecule has 1 fully saturated rings. The number of fused-ring (bicyclic) bond motifs is 1. The fraction of sp³-hybridized carbons (Fsp3) is 0.733. The second-order valence-corrected chi connectivity index (χ2v) is 5.96. The standard InChI is InChI=1S/C15H23N3O/c19-15(18-12-5-3-1-2-4-6-12)11-7-8-13-14(9-11)17-10-16-13/h10-12H,1-9H2,(H,16,17)(H,18,19). The summed E-state index contributed by atoms with van der Waals surface area (Å²) in [6.45, 7) is 0. The maximum absolute atomic E-state index is 12.4. The molecule has 104 valence electrons. The molecule has 1 atom stereocenters. The summed E-state index contributed by atoms with van der Waals surface area (Å²) in [6, 6.07) is 0.415. The maximum Gasteiger partial charge on any atom is 0.223 e. The molecule has 4 nitrogen and oxygen atoms in total. The maximum atomic E-state index is 12.4. The Labute approximate surface area is 114 Å². The number of aryl methyl sites for hydroxylation is 1. The molecule has 0 saturated heterocycles. The highest BCUT2D eigenvalue weighted by molar-refractivity contribution is 5.79. The molecule has 0 radical (unpaired) electrons. The van der Waals surface area contributed by atoms with Gasteiger partial charge in [-0.1, -0.05) is 25.7 Å². The van der Waals surface area contributed by atoms with E-state index in [1.807, 2.05) is 0 Å². The van der Waals surface area contributed by atoms with Crippen LogP contribution in [-0.2, 0) is 17.6 Å². The van der Waals surface area contributed by atoms with Gasteiger partial charge in [0.25, 0.3) is 0 Å². The molecule has 0 bridgehead atoms. The van der Waals surface area contributed by atoms with Gasteiger partial charge in [0.1, 0.15) is 0 Å². The highest BCUT2D eigenvalue weighted by Gasteiger charge is 2.27. The van der Waals surface area contributed by atoms with Crippen LogP contribution in [0.15, 0.2) is 6.33 Å². The van der Waals surface area contributed by atoms with Crippen LogP contribution in [0.25, 0.3) is 0 Å². The summed E-state index contributed by atoms with van der Waals surface area (Å²) in [5.41, 5.74) is 2.31. The van der Waals surface area contributed by atoms with Gasteiger partial charge in [-0.3, -0.25) is 4.79 Å². The molecule has 3 rings (SSSR count). The molecule has 2 aliphatic rings. The van der Waals surface area contributed by atoms with Gasteiger partial charge in [0.2, 0.25) is 5.91 Å². The molecular weight excluding hydrogens is 238 g/mol. The van der Waals surface area contributed by atoms with Crippen molar-refractivity contribution in [3.8, 4) is 0 Å². The van der Waals surface area contributed by atoms with Gasteiger partial charge in [-0.25, -0.2) is 4.98 Å². The first-order chi connectivity index (χ1) is 9.33. The van der Waals surface area contributed by atoms with Crippen molar-refractivity contribution in [3.63, 3.8) is 0 Å². The normalized spacial score (nSPS) is 24.5. The lowest BCUT2D eigenvalue weighted by Crippen LogP contribution is -2.40. The Hall–Kier alpha value is -1.32. The van der Waals surface area contributed by atoms with Crippen LogP contribution in [-0.4, -0.2) is 21.9 Å². The molecule has 1 aromatic rings. The Bertz CT molecular complexity index is 432. The lowest BCUT2D eigenvalue weighted by Gasteiger charge is -2.24. The van der Waals surface area contributed by atoms with E-state index in [9.17, 15) is 4.79 Å². The molecule has 0 spiro atoms. The van der Waals surface area contributed by atoms with Gasteiger partial charge in [0.05, 0.1) is 12.0 Å². The van der Waals surface area contributed by atoms with Crippen molar-refractivity contribution in [1.82, 2.24) is 15.3 Å². The zero-order valence-electron chi connectivity index (χ0n) is 11.5. The number of nitrogens with zero attached hydrogens (tertiary/aromatic N) is 1. The highest BCUT2D eigenvalue weighted by Crippen LogP contribution is 2.24. The summed E-state index contributed by atoms with van der Waals surface area (Å²) in [5, 5.41) is 3.28. The second kappa shape index (κ2) is 5.76. The second-order valence-electron chi connectivity index (χ2n) is 5.96. The van der Waals surface area contributed by atoms with Gasteiger partial charge in [0.15, 0.2) is 0 Å². The van der Waals surface area contributed by atoms with Crippen LogP contribution in [0.1, 0.15) is 56.3 Å². The quantitative estimate of drug-likeness (QED) is 0.803. The van der Waals surface area contributed by atoms with E-state index in [0.29, 0.717) is 6.04 Å². The lowest BCUT2D eigenvalue weighted by atomic mass is 9.89. The summed E-state index contributed by atoms with van der Waals surface area (Å²) in [7, 11) is 0. The summed E-state index contributed by atoms with van der Waals surface area (Å²) in [5.74, 6) is 0.392. The molecule has 1 aromatic heterocycles. The average Bonchev–Trinajstić information content (AvgIpc) is 2.75. The lowest BCUT2D eigenvalue weighted by molar-refractivity contribution is -0.126. The molecule has 19 heavy (non-hydrogen) atoms. The van der Waals surface area contributed by atoms with Gasteiger partial charge in [-0.2, -0.15) is 0 Å². The molecule has 1 unspecified atom stereocenters. The smallest absolute Gasteiger partial charge is 0.223 e. The first-order valence-corrected chi connectivity index (χ1v) is 7.64. The number of aromatic nitrogens is 2. The summed E-state index contributed by atoms with van der Waals surface area (Å²) in [4.78, 5) is 19.8. The Morgan fingerprint density at radius 3 is 2.79 bits per heavy atom. The molecule has 1 heterocycles. The van der Waals surface area contributed by atoms with E-state index in [-0.39, 0.29) is 11.8 Å². The van der Waals surface area contributed by atoms with Crippen LogP contribution >= 0.6 is 0 Å². The number of hydrogen-bond donors (Lipinski definition) is 2. The van der Waals surface area contributed by atoms with Gasteiger partial charge < -0.3 is 10.3 Å². The molecule has 4 heteroatoms. The van der Waals surface area contributed by atoms with Crippen molar-refractivity contribution >= 4 is 5.91 Å². The van der Waals surface area contributed by atoms with Crippen molar-refractivity contribution in [2.75, 3.05) is 0 Å². The van der Waals surface area contributed by atoms with E-state index in [0.717, 1.165) is 43.5 Å². The van der Waals surface area contributed by atoms with Crippen molar-refractivity contribution in [2.24, 2.45) is 5.92 Å². The van der Waals surface area contributed by atoms with E-state index in [1.165, 1.54) is 25.7 Å². The number of aromatic amines is 1. The number of rotatable bonds is 2. The predicted molar refractivity (Wildman–Crippen MR) is 73.7 cm³/mol. The first kappa shape index (κ1) is 12.7. The van der Waals surface area contributed by atoms with Crippen LogP contribution < -0.4 is 5.32 Å². The Morgan fingerprint density at radius 2 is 2.00 bits per heavy atom. The van der Waals surface area contributed by atoms with Crippen molar-refractivity contribution in [2.45, 2.75) is 63.8 Å². The van der Waals surface area contributed by atoms with Crippen LogP contribution in [0.2, 0.25) is 0 Å². The number of hydrogen-bond acceptors (Lipinski definition) is 2. The van der Waals surface area contributed by atoms with E-state index >= 15 is 0 Å². The van der Waals surface area contributed by atoms with Gasteiger partial charge in [0, 0.05) is 24.1 Å². The van der Waals surface area contributed by atoms with Gasteiger partial charge in [-0.05, 0) is 25.7 Å². The molecule has 1 saturated carbocycles. The molecule has 1 amide bonds. The number of carbonyl (C=O) groups is 1. The number of carbonyl (C=O) groups excluding carboxylic acids is 1. The zero-order chi connectivity index (χ0) is 13.1. The van der Waals surface area contributed by atoms with Crippen LogP contribution in [0.5, 0.6) is 0 Å². The van der Waals surface area contributed by atoms with Gasteiger partial charge in [-0.15, -0.1) is 0 Å². The third-order valence-corrected chi connectivity index (χ3v) is 4.56. The van der Waals surface area contributed by atoms with Crippen molar-refractivity contribution < 1.29 is 4.79 Å². The van der Waals surface area contributed by atoms with Crippen molar-refractivity contribution in [1.29, 1.82) is 0 Å². The number of imidazole rings is 1. The minimum atomic E-state index is 0.135. The highest BCUT2D eigenvalue weighted by atomic mass is 16.1. The molecule has 2 N–H and O–H groups in total. The largest absolute Gasteiger partial charge is 0.353 e. The zero-order valence-corrected chi connectivity index (χ0v) is 11.5. The Kier molecular flexibility index (Phi) is 3.85. The van der Waals surface area contributed by atoms with E-state index in [4.69, 9.17) is 0 Å².